The number of anilines is 1. The van der Waals surface area contributed by atoms with Gasteiger partial charge in [-0.15, -0.1) is 0 Å². The molecule has 0 unspecified atom stereocenters. The van der Waals surface area contributed by atoms with E-state index in [9.17, 15) is 9.59 Å². The van der Waals surface area contributed by atoms with Gasteiger partial charge in [0.05, 0.1) is 5.52 Å². The Bertz CT molecular complexity index is 1140. The Kier molecular flexibility index (Phi) is 6.28. The summed E-state index contributed by atoms with van der Waals surface area (Å²) in [6.45, 7) is 1.08. The van der Waals surface area contributed by atoms with Gasteiger partial charge in [-0.1, -0.05) is 17.7 Å². The second-order valence-corrected chi connectivity index (χ2v) is 8.03. The SMILES string of the molecule is C/N=C/c1ccc2nccc(C3CCN(C(=O)C(=O)Nc4ccc(Cl)cc4)CC3)c2c1. The van der Waals surface area contributed by atoms with Gasteiger partial charge in [0, 0.05) is 48.6 Å². The lowest BCUT2D eigenvalue weighted by atomic mass is 9.87. The maximum atomic E-state index is 12.6. The van der Waals surface area contributed by atoms with Crippen LogP contribution in [-0.4, -0.2) is 48.1 Å². The molecule has 0 saturated carbocycles. The molecule has 6 nitrogen and oxygen atoms in total. The standard InChI is InChI=1S/C24H23ClN4O2/c1-26-15-16-2-7-22-21(14-16)20(8-11-27-22)17-9-12-29(13-10-17)24(31)23(30)28-19-5-3-18(25)4-6-19/h2-8,11,14-15,17H,9-10,12-13H2,1H3,(H,28,30)/b26-15+. The van der Waals surface area contributed by atoms with Crippen molar-refractivity contribution in [2.24, 2.45) is 4.99 Å². The largest absolute Gasteiger partial charge is 0.334 e. The monoisotopic (exact) mass is 434 g/mol. The first kappa shape index (κ1) is 21.0. The summed E-state index contributed by atoms with van der Waals surface area (Å²) in [4.78, 5) is 35.2. The molecule has 1 aromatic heterocycles. The van der Waals surface area contributed by atoms with E-state index >= 15 is 0 Å². The Balaban J connectivity index is 1.43. The van der Waals surface area contributed by atoms with Crippen molar-refractivity contribution in [3.63, 3.8) is 0 Å². The second-order valence-electron chi connectivity index (χ2n) is 7.59. The molecule has 3 aromatic rings. The van der Waals surface area contributed by atoms with Gasteiger partial charge in [-0.25, -0.2) is 0 Å². The molecule has 0 spiro atoms. The number of likely N-dealkylation sites (tertiary alicyclic amines) is 1. The van der Waals surface area contributed by atoms with Crippen LogP contribution >= 0.6 is 11.6 Å². The summed E-state index contributed by atoms with van der Waals surface area (Å²) in [7, 11) is 1.75. The first-order valence-corrected chi connectivity index (χ1v) is 10.6. The van der Waals surface area contributed by atoms with Gasteiger partial charge in [0.2, 0.25) is 0 Å². The molecule has 31 heavy (non-hydrogen) atoms. The molecule has 4 rings (SSSR count). The minimum Gasteiger partial charge on any atom is -0.334 e. The Labute approximate surface area is 185 Å². The third-order valence-electron chi connectivity index (χ3n) is 5.60. The summed E-state index contributed by atoms with van der Waals surface area (Å²) in [5, 5.41) is 4.33. The molecule has 7 heteroatoms. The molecule has 0 bridgehead atoms. The fraction of sp³-hybridized carbons (Fsp3) is 0.250. The fourth-order valence-corrected chi connectivity index (χ4v) is 4.15. The molecule has 2 amide bonds. The van der Waals surface area contributed by atoms with Crippen molar-refractivity contribution in [1.82, 2.24) is 9.88 Å². The predicted molar refractivity (Wildman–Crippen MR) is 124 cm³/mol. The normalized spacial score (nSPS) is 14.8. The lowest BCUT2D eigenvalue weighted by Crippen LogP contribution is -2.43. The molecule has 0 atom stereocenters. The molecule has 1 fully saturated rings. The van der Waals surface area contributed by atoms with Gasteiger partial charge < -0.3 is 10.2 Å². The summed E-state index contributed by atoms with van der Waals surface area (Å²) in [5.41, 5.74) is 3.77. The van der Waals surface area contributed by atoms with E-state index in [1.54, 1.807) is 36.2 Å². The van der Waals surface area contributed by atoms with Gasteiger partial charge >= 0.3 is 11.8 Å². The van der Waals surface area contributed by atoms with Crippen LogP contribution in [0.25, 0.3) is 10.9 Å². The molecule has 1 aliphatic heterocycles. The van der Waals surface area contributed by atoms with E-state index in [1.165, 1.54) is 5.56 Å². The van der Waals surface area contributed by atoms with E-state index < -0.39 is 11.8 Å². The topological polar surface area (TPSA) is 74.7 Å². The highest BCUT2D eigenvalue weighted by molar-refractivity contribution is 6.39. The number of pyridine rings is 1. The number of nitrogens with zero attached hydrogens (tertiary/aromatic N) is 3. The molecular formula is C24H23ClN4O2. The number of halogens is 1. The summed E-state index contributed by atoms with van der Waals surface area (Å²) < 4.78 is 0. The number of hydrogen-bond donors (Lipinski definition) is 1. The first-order chi connectivity index (χ1) is 15.0. The fourth-order valence-electron chi connectivity index (χ4n) is 4.03. The highest BCUT2D eigenvalue weighted by atomic mass is 35.5. The Hall–Kier alpha value is -3.25. The number of carbonyl (C=O) groups excluding carboxylic acids is 2. The van der Waals surface area contributed by atoms with Crippen LogP contribution in [0.4, 0.5) is 5.69 Å². The van der Waals surface area contributed by atoms with Crippen molar-refractivity contribution in [3.05, 3.63) is 70.9 Å². The molecule has 2 aromatic carbocycles. The highest BCUT2D eigenvalue weighted by Crippen LogP contribution is 2.33. The van der Waals surface area contributed by atoms with Gasteiger partial charge in [-0.2, -0.15) is 0 Å². The van der Waals surface area contributed by atoms with E-state index in [-0.39, 0.29) is 0 Å². The number of aromatic nitrogens is 1. The van der Waals surface area contributed by atoms with E-state index in [1.807, 2.05) is 24.5 Å². The van der Waals surface area contributed by atoms with Gasteiger partial charge in [-0.05, 0) is 72.4 Å². The van der Waals surface area contributed by atoms with Crippen molar-refractivity contribution in [3.8, 4) is 0 Å². The first-order valence-electron chi connectivity index (χ1n) is 10.2. The highest BCUT2D eigenvalue weighted by Gasteiger charge is 2.28. The zero-order valence-corrected chi connectivity index (χ0v) is 18.0. The van der Waals surface area contributed by atoms with Gasteiger partial charge in [0.25, 0.3) is 0 Å². The summed E-state index contributed by atoms with van der Waals surface area (Å²) in [6, 6.07) is 14.9. The van der Waals surface area contributed by atoms with Crippen LogP contribution in [0.5, 0.6) is 0 Å². The summed E-state index contributed by atoms with van der Waals surface area (Å²) in [6.07, 6.45) is 5.26. The van der Waals surface area contributed by atoms with Crippen LogP contribution in [0.2, 0.25) is 5.02 Å². The van der Waals surface area contributed by atoms with Crippen molar-refractivity contribution in [1.29, 1.82) is 0 Å². The number of benzene rings is 2. The quantitative estimate of drug-likeness (QED) is 0.493. The smallest absolute Gasteiger partial charge is 0.313 e. The maximum absolute atomic E-state index is 12.6. The van der Waals surface area contributed by atoms with Crippen LogP contribution in [-0.2, 0) is 9.59 Å². The van der Waals surface area contributed by atoms with Crippen molar-refractivity contribution >= 4 is 46.2 Å². The number of fused-ring (bicyclic) bond motifs is 1. The molecule has 0 aliphatic carbocycles. The zero-order valence-electron chi connectivity index (χ0n) is 17.2. The lowest BCUT2D eigenvalue weighted by molar-refractivity contribution is -0.143. The molecule has 158 valence electrons. The van der Waals surface area contributed by atoms with Crippen molar-refractivity contribution < 1.29 is 9.59 Å². The second kappa shape index (κ2) is 9.27. The molecule has 0 radical (unpaired) electrons. The van der Waals surface area contributed by atoms with E-state index in [2.05, 4.69) is 27.4 Å². The third-order valence-corrected chi connectivity index (χ3v) is 5.85. The minimum atomic E-state index is -0.626. The lowest BCUT2D eigenvalue weighted by Gasteiger charge is -2.32. The van der Waals surface area contributed by atoms with E-state index in [0.29, 0.717) is 29.7 Å². The number of carbonyl (C=O) groups is 2. The van der Waals surface area contributed by atoms with Gasteiger partial charge in [-0.3, -0.25) is 19.6 Å². The number of piperidine rings is 1. The van der Waals surface area contributed by atoms with Gasteiger partial charge in [0.1, 0.15) is 0 Å². The van der Waals surface area contributed by atoms with E-state index in [0.717, 1.165) is 29.3 Å². The molecular weight excluding hydrogens is 412 g/mol. The number of amides is 2. The van der Waals surface area contributed by atoms with Crippen molar-refractivity contribution in [2.75, 3.05) is 25.5 Å². The molecule has 1 aliphatic rings. The average Bonchev–Trinajstić information content (AvgIpc) is 2.80. The molecule has 1 N–H and O–H groups in total. The Morgan fingerprint density at radius 2 is 1.87 bits per heavy atom. The summed E-state index contributed by atoms with van der Waals surface area (Å²) >= 11 is 5.86. The van der Waals surface area contributed by atoms with Crippen LogP contribution in [0, 0.1) is 0 Å². The molecule has 2 heterocycles. The van der Waals surface area contributed by atoms with Crippen LogP contribution < -0.4 is 5.32 Å². The predicted octanol–water partition coefficient (Wildman–Crippen LogP) is 4.28. The number of hydrogen-bond acceptors (Lipinski definition) is 4. The summed E-state index contributed by atoms with van der Waals surface area (Å²) in [5.74, 6) is -0.823. The number of nitrogens with one attached hydrogen (secondary N) is 1. The van der Waals surface area contributed by atoms with Gasteiger partial charge in [0.15, 0.2) is 0 Å². The zero-order chi connectivity index (χ0) is 21.8. The third kappa shape index (κ3) is 4.75. The van der Waals surface area contributed by atoms with E-state index in [4.69, 9.17) is 11.6 Å². The minimum absolute atomic E-state index is 0.308. The number of rotatable bonds is 3. The van der Waals surface area contributed by atoms with Crippen LogP contribution in [0.3, 0.4) is 0 Å². The molecule has 1 saturated heterocycles. The average molecular weight is 435 g/mol. The number of aliphatic imine (C=N–C) groups is 1. The maximum Gasteiger partial charge on any atom is 0.313 e. The Morgan fingerprint density at radius 1 is 1.13 bits per heavy atom. The van der Waals surface area contributed by atoms with Crippen LogP contribution in [0.1, 0.15) is 29.9 Å². The van der Waals surface area contributed by atoms with Crippen molar-refractivity contribution in [2.45, 2.75) is 18.8 Å². The Morgan fingerprint density at radius 3 is 2.58 bits per heavy atom. The van der Waals surface area contributed by atoms with Crippen LogP contribution in [0.15, 0.2) is 59.7 Å².